The molecule has 1 rings (SSSR count). The van der Waals surface area contributed by atoms with Crippen LogP contribution < -0.4 is 0 Å². The molecule has 1 heterocycles. The summed E-state index contributed by atoms with van der Waals surface area (Å²) in [6.07, 6.45) is -9.88. The SMILES string of the molecule is O=C(O)[C@@H]1CN(C(=O)CCOCC(F)(F)F)C[C@H]1C(F)(F)F. The van der Waals surface area contributed by atoms with Gasteiger partial charge in [0.05, 0.1) is 24.9 Å². The highest BCUT2D eigenvalue weighted by Crippen LogP contribution is 2.37. The fourth-order valence-electron chi connectivity index (χ4n) is 2.09. The molecule has 0 aromatic heterocycles. The summed E-state index contributed by atoms with van der Waals surface area (Å²) in [5.41, 5.74) is 0. The molecule has 0 unspecified atom stereocenters. The summed E-state index contributed by atoms with van der Waals surface area (Å²) in [7, 11) is 0. The molecule has 2 atom stereocenters. The molecule has 0 aliphatic carbocycles. The van der Waals surface area contributed by atoms with Crippen LogP contribution in [0.2, 0.25) is 0 Å². The number of carbonyl (C=O) groups is 2. The minimum Gasteiger partial charge on any atom is -0.481 e. The highest BCUT2D eigenvalue weighted by atomic mass is 19.4. The summed E-state index contributed by atoms with van der Waals surface area (Å²) in [6, 6.07) is 0. The first-order chi connectivity index (χ1) is 9.92. The van der Waals surface area contributed by atoms with Crippen LogP contribution in [-0.4, -0.2) is 60.5 Å². The van der Waals surface area contributed by atoms with Crippen molar-refractivity contribution < 1.29 is 45.8 Å². The lowest BCUT2D eigenvalue weighted by Crippen LogP contribution is -2.34. The first-order valence-electron chi connectivity index (χ1n) is 6.13. The third kappa shape index (κ3) is 5.35. The van der Waals surface area contributed by atoms with Gasteiger partial charge in [-0.2, -0.15) is 26.3 Å². The standard InChI is InChI=1S/C11H13F6NO4/c12-10(13,14)5-22-2-1-8(19)18-3-6(9(20)21)7(4-18)11(15,16)17/h6-7H,1-5H2,(H,20,21)/t6-,7-/m1/s1. The second-order valence-electron chi connectivity index (χ2n) is 4.81. The van der Waals surface area contributed by atoms with Gasteiger partial charge in [-0.1, -0.05) is 0 Å². The lowest BCUT2D eigenvalue weighted by Gasteiger charge is -2.18. The van der Waals surface area contributed by atoms with Gasteiger partial charge in [0, 0.05) is 13.1 Å². The fourth-order valence-corrected chi connectivity index (χ4v) is 2.09. The summed E-state index contributed by atoms with van der Waals surface area (Å²) >= 11 is 0. The van der Waals surface area contributed by atoms with Gasteiger partial charge >= 0.3 is 18.3 Å². The largest absolute Gasteiger partial charge is 0.481 e. The molecule has 0 aromatic carbocycles. The Kier molecular flexibility index (Phi) is 5.65. The van der Waals surface area contributed by atoms with E-state index in [1.807, 2.05) is 0 Å². The number of hydrogen-bond acceptors (Lipinski definition) is 3. The third-order valence-corrected chi connectivity index (χ3v) is 3.14. The minimum absolute atomic E-state index is 0.549. The predicted molar refractivity (Wildman–Crippen MR) is 58.7 cm³/mol. The molecule has 5 nitrogen and oxygen atoms in total. The maximum Gasteiger partial charge on any atom is 0.411 e. The molecule has 1 N–H and O–H groups in total. The summed E-state index contributed by atoms with van der Waals surface area (Å²) in [5.74, 6) is -6.52. The molecule has 1 saturated heterocycles. The van der Waals surface area contributed by atoms with E-state index in [4.69, 9.17) is 5.11 Å². The Hall–Kier alpha value is -1.52. The van der Waals surface area contributed by atoms with E-state index in [0.717, 1.165) is 0 Å². The van der Waals surface area contributed by atoms with Crippen molar-refractivity contribution in [1.29, 1.82) is 0 Å². The zero-order chi connectivity index (χ0) is 17.1. The van der Waals surface area contributed by atoms with Gasteiger partial charge in [-0.15, -0.1) is 0 Å². The highest BCUT2D eigenvalue weighted by Gasteiger charge is 2.53. The molecule has 0 saturated carbocycles. The van der Waals surface area contributed by atoms with Crippen LogP contribution in [0.3, 0.4) is 0 Å². The smallest absolute Gasteiger partial charge is 0.411 e. The van der Waals surface area contributed by atoms with Crippen LogP contribution in [0.25, 0.3) is 0 Å². The first-order valence-corrected chi connectivity index (χ1v) is 6.13. The molecule has 22 heavy (non-hydrogen) atoms. The zero-order valence-electron chi connectivity index (χ0n) is 11.1. The van der Waals surface area contributed by atoms with E-state index in [1.54, 1.807) is 0 Å². The molecule has 128 valence electrons. The molecule has 11 heteroatoms. The molecule has 0 spiro atoms. The number of amides is 1. The van der Waals surface area contributed by atoms with E-state index in [-0.39, 0.29) is 0 Å². The second-order valence-corrected chi connectivity index (χ2v) is 4.81. The van der Waals surface area contributed by atoms with Gasteiger partial charge in [0.15, 0.2) is 0 Å². The van der Waals surface area contributed by atoms with Crippen molar-refractivity contribution in [2.24, 2.45) is 11.8 Å². The summed E-state index contributed by atoms with van der Waals surface area (Å²) < 4.78 is 77.6. The third-order valence-electron chi connectivity index (χ3n) is 3.14. The number of nitrogens with zero attached hydrogens (tertiary/aromatic N) is 1. The number of aliphatic carboxylic acids is 1. The van der Waals surface area contributed by atoms with Crippen molar-refractivity contribution in [2.45, 2.75) is 18.8 Å². The predicted octanol–water partition coefficient (Wildman–Crippen LogP) is 1.68. The summed E-state index contributed by atoms with van der Waals surface area (Å²) in [6.45, 7) is -3.62. The van der Waals surface area contributed by atoms with Crippen molar-refractivity contribution in [3.63, 3.8) is 0 Å². The number of halogens is 6. The number of carboxylic acids is 1. The second kappa shape index (κ2) is 6.71. The van der Waals surface area contributed by atoms with Gasteiger partial charge in [-0.25, -0.2) is 0 Å². The number of carboxylic acid groups (broad SMARTS) is 1. The topological polar surface area (TPSA) is 66.8 Å². The maximum atomic E-state index is 12.7. The normalized spacial score (nSPS) is 22.9. The van der Waals surface area contributed by atoms with Crippen molar-refractivity contribution in [1.82, 2.24) is 4.90 Å². The Morgan fingerprint density at radius 1 is 1.14 bits per heavy atom. The van der Waals surface area contributed by atoms with Gasteiger partial charge < -0.3 is 14.7 Å². The zero-order valence-corrected chi connectivity index (χ0v) is 11.1. The maximum absolute atomic E-state index is 12.7. The number of carbonyl (C=O) groups excluding carboxylic acids is 1. The molecule has 1 fully saturated rings. The molecule has 1 amide bonds. The first kappa shape index (κ1) is 18.5. The van der Waals surface area contributed by atoms with E-state index >= 15 is 0 Å². The lowest BCUT2D eigenvalue weighted by atomic mass is 9.96. The van der Waals surface area contributed by atoms with E-state index in [0.29, 0.717) is 4.90 Å². The Morgan fingerprint density at radius 3 is 2.14 bits per heavy atom. The van der Waals surface area contributed by atoms with Crippen molar-refractivity contribution in [3.8, 4) is 0 Å². The van der Waals surface area contributed by atoms with Crippen LogP contribution in [-0.2, 0) is 14.3 Å². The number of hydrogen-bond donors (Lipinski definition) is 1. The van der Waals surface area contributed by atoms with Crippen molar-refractivity contribution >= 4 is 11.9 Å². The molecule has 0 aromatic rings. The molecular formula is C11H13F6NO4. The lowest BCUT2D eigenvalue weighted by molar-refractivity contribution is -0.188. The van der Waals surface area contributed by atoms with Crippen LogP contribution in [0.4, 0.5) is 26.3 Å². The van der Waals surface area contributed by atoms with E-state index in [2.05, 4.69) is 4.74 Å². The van der Waals surface area contributed by atoms with Gasteiger partial charge in [-0.05, 0) is 0 Å². The van der Waals surface area contributed by atoms with Crippen LogP contribution in [0, 0.1) is 11.8 Å². The average molecular weight is 337 g/mol. The Balaban J connectivity index is 2.52. The quantitative estimate of drug-likeness (QED) is 0.612. The highest BCUT2D eigenvalue weighted by molar-refractivity contribution is 5.79. The average Bonchev–Trinajstić information content (AvgIpc) is 2.78. The Labute approximate surface area is 120 Å². The van der Waals surface area contributed by atoms with Gasteiger partial charge in [0.2, 0.25) is 5.91 Å². The Morgan fingerprint density at radius 2 is 1.73 bits per heavy atom. The molecule has 1 aliphatic heterocycles. The van der Waals surface area contributed by atoms with Crippen LogP contribution in [0.1, 0.15) is 6.42 Å². The van der Waals surface area contributed by atoms with Gasteiger partial charge in [0.1, 0.15) is 6.61 Å². The van der Waals surface area contributed by atoms with Gasteiger partial charge in [0.25, 0.3) is 0 Å². The fraction of sp³-hybridized carbons (Fsp3) is 0.818. The number of alkyl halides is 6. The van der Waals surface area contributed by atoms with Crippen LogP contribution in [0.15, 0.2) is 0 Å². The van der Waals surface area contributed by atoms with Crippen LogP contribution >= 0.6 is 0 Å². The minimum atomic E-state index is -4.77. The number of likely N-dealkylation sites (tertiary alicyclic amines) is 1. The molecule has 0 radical (unpaired) electrons. The van der Waals surface area contributed by atoms with Gasteiger partial charge in [-0.3, -0.25) is 9.59 Å². The molecule has 1 aliphatic rings. The number of rotatable bonds is 5. The molecule has 0 bridgehead atoms. The van der Waals surface area contributed by atoms with Crippen LogP contribution in [0.5, 0.6) is 0 Å². The van der Waals surface area contributed by atoms with Crippen molar-refractivity contribution in [3.05, 3.63) is 0 Å². The number of ether oxygens (including phenoxy) is 1. The monoisotopic (exact) mass is 337 g/mol. The molecular weight excluding hydrogens is 324 g/mol. The van der Waals surface area contributed by atoms with Crippen molar-refractivity contribution in [2.75, 3.05) is 26.3 Å². The Bertz CT molecular complexity index is 422. The van der Waals surface area contributed by atoms with E-state index < -0.39 is 68.8 Å². The van der Waals surface area contributed by atoms with E-state index in [9.17, 15) is 35.9 Å². The summed E-state index contributed by atoms with van der Waals surface area (Å²) in [5, 5.41) is 8.76. The van der Waals surface area contributed by atoms with E-state index in [1.165, 1.54) is 0 Å². The summed E-state index contributed by atoms with van der Waals surface area (Å²) in [4.78, 5) is 23.1.